The molecule has 20 heavy (non-hydrogen) atoms. The van der Waals surface area contributed by atoms with Crippen LogP contribution in [0.25, 0.3) is 5.76 Å². The maximum atomic E-state index is 11.9. The lowest BCUT2D eigenvalue weighted by molar-refractivity contribution is 0.103. The van der Waals surface area contributed by atoms with Gasteiger partial charge in [-0.1, -0.05) is 30.3 Å². The molecule has 0 unspecified atom stereocenters. The first kappa shape index (κ1) is 13.6. The van der Waals surface area contributed by atoms with Gasteiger partial charge >= 0.3 is 5.63 Å². The normalized spacial score (nSPS) is 11.3. The Kier molecular flexibility index (Phi) is 3.70. The molecule has 0 aliphatic heterocycles. The number of allylic oxidation sites excluding steroid dienone is 1. The fraction of sp³-hybridized carbons (Fsp3) is 0.0667. The van der Waals surface area contributed by atoms with Crippen LogP contribution in [0.4, 0.5) is 0 Å². The maximum absolute atomic E-state index is 11.9. The summed E-state index contributed by atoms with van der Waals surface area (Å²) in [6, 6.07) is 9.54. The number of carbonyl (C=O) groups excluding carboxylic acids is 1. The molecule has 0 fully saturated rings. The van der Waals surface area contributed by atoms with Crippen LogP contribution in [0.2, 0.25) is 0 Å². The molecule has 0 saturated heterocycles. The zero-order valence-corrected chi connectivity index (χ0v) is 10.7. The molecular formula is C15H12O5. The number of hydrogen-bond acceptors (Lipinski definition) is 5. The van der Waals surface area contributed by atoms with Gasteiger partial charge < -0.3 is 14.6 Å². The van der Waals surface area contributed by atoms with Crippen LogP contribution in [0, 0.1) is 6.92 Å². The lowest BCUT2D eigenvalue weighted by Crippen LogP contribution is -2.13. The highest BCUT2D eigenvalue weighted by molar-refractivity contribution is 6.09. The summed E-state index contributed by atoms with van der Waals surface area (Å²) in [5.41, 5.74) is -1.01. The predicted molar refractivity (Wildman–Crippen MR) is 72.8 cm³/mol. The van der Waals surface area contributed by atoms with Crippen molar-refractivity contribution in [1.29, 1.82) is 0 Å². The minimum Gasteiger partial charge on any atom is -0.507 e. The van der Waals surface area contributed by atoms with E-state index in [9.17, 15) is 19.8 Å². The Bertz CT molecular complexity index is 726. The highest BCUT2D eigenvalue weighted by Crippen LogP contribution is 2.17. The summed E-state index contributed by atoms with van der Waals surface area (Å²) in [5.74, 6) is -1.39. The zero-order chi connectivity index (χ0) is 14.7. The van der Waals surface area contributed by atoms with Crippen molar-refractivity contribution in [2.24, 2.45) is 0 Å². The van der Waals surface area contributed by atoms with E-state index >= 15 is 0 Å². The van der Waals surface area contributed by atoms with Gasteiger partial charge in [-0.15, -0.1) is 0 Å². The second-order valence-electron chi connectivity index (χ2n) is 4.16. The Labute approximate surface area is 114 Å². The highest BCUT2D eigenvalue weighted by atomic mass is 16.4. The molecule has 1 aromatic carbocycles. The molecule has 0 aliphatic carbocycles. The van der Waals surface area contributed by atoms with E-state index in [-0.39, 0.29) is 11.5 Å². The van der Waals surface area contributed by atoms with E-state index < -0.39 is 22.7 Å². The van der Waals surface area contributed by atoms with Gasteiger partial charge in [0.25, 0.3) is 0 Å². The third kappa shape index (κ3) is 2.77. The lowest BCUT2D eigenvalue weighted by Gasteiger charge is -2.02. The van der Waals surface area contributed by atoms with Crippen molar-refractivity contribution in [3.05, 3.63) is 69.8 Å². The number of aliphatic hydroxyl groups is 1. The SMILES string of the molecule is Cc1cc(O)c(C(=O)C=C(O)c2ccccc2)c(=O)o1. The lowest BCUT2D eigenvalue weighted by atomic mass is 10.1. The number of hydrogen-bond donors (Lipinski definition) is 2. The van der Waals surface area contributed by atoms with Gasteiger partial charge in [-0.3, -0.25) is 4.79 Å². The van der Waals surface area contributed by atoms with E-state index in [1.54, 1.807) is 30.3 Å². The molecule has 0 bridgehead atoms. The molecule has 0 aliphatic rings. The van der Waals surface area contributed by atoms with Crippen LogP contribution < -0.4 is 5.63 Å². The molecule has 2 aromatic rings. The Hall–Kier alpha value is -2.82. The van der Waals surface area contributed by atoms with Gasteiger partial charge in [0.05, 0.1) is 0 Å². The Morgan fingerprint density at radius 2 is 1.90 bits per heavy atom. The van der Waals surface area contributed by atoms with E-state index in [2.05, 4.69) is 0 Å². The Morgan fingerprint density at radius 1 is 1.25 bits per heavy atom. The third-order valence-corrected chi connectivity index (χ3v) is 2.64. The number of ketones is 1. The molecule has 5 heteroatoms. The van der Waals surface area contributed by atoms with E-state index in [4.69, 9.17) is 4.42 Å². The van der Waals surface area contributed by atoms with Crippen LogP contribution >= 0.6 is 0 Å². The first-order valence-corrected chi connectivity index (χ1v) is 5.83. The molecule has 102 valence electrons. The van der Waals surface area contributed by atoms with Gasteiger partial charge in [-0.2, -0.15) is 0 Å². The smallest absolute Gasteiger partial charge is 0.351 e. The molecule has 1 aromatic heterocycles. The number of carbonyl (C=O) groups is 1. The van der Waals surface area contributed by atoms with Gasteiger partial charge in [-0.25, -0.2) is 4.79 Å². The number of benzene rings is 1. The topological polar surface area (TPSA) is 87.7 Å². The molecular weight excluding hydrogens is 260 g/mol. The molecule has 0 spiro atoms. The second kappa shape index (κ2) is 5.44. The van der Waals surface area contributed by atoms with Gasteiger partial charge in [-0.05, 0) is 6.92 Å². The van der Waals surface area contributed by atoms with Crippen molar-refractivity contribution < 1.29 is 19.4 Å². The number of aromatic hydroxyl groups is 1. The quantitative estimate of drug-likeness (QED) is 0.509. The van der Waals surface area contributed by atoms with E-state index in [0.29, 0.717) is 5.56 Å². The number of aryl methyl sites for hydroxylation is 1. The van der Waals surface area contributed by atoms with Crippen molar-refractivity contribution in [1.82, 2.24) is 0 Å². The molecule has 2 rings (SSSR count). The van der Waals surface area contributed by atoms with Gasteiger partial charge in [0, 0.05) is 17.7 Å². The summed E-state index contributed by atoms with van der Waals surface area (Å²) in [5, 5.41) is 19.4. The first-order valence-electron chi connectivity index (χ1n) is 5.83. The fourth-order valence-electron chi connectivity index (χ4n) is 1.71. The molecule has 2 N–H and O–H groups in total. The molecule has 0 radical (unpaired) electrons. The van der Waals surface area contributed by atoms with Crippen molar-refractivity contribution in [3.63, 3.8) is 0 Å². The van der Waals surface area contributed by atoms with Crippen LogP contribution in [-0.4, -0.2) is 16.0 Å². The summed E-state index contributed by atoms with van der Waals surface area (Å²) in [4.78, 5) is 23.5. The molecule has 5 nitrogen and oxygen atoms in total. The number of rotatable bonds is 3. The Balaban J connectivity index is 2.41. The predicted octanol–water partition coefficient (Wildman–Crippen LogP) is 2.44. The minimum absolute atomic E-state index is 0.195. The van der Waals surface area contributed by atoms with Gasteiger partial charge in [0.2, 0.25) is 5.78 Å². The van der Waals surface area contributed by atoms with Crippen molar-refractivity contribution >= 4 is 11.5 Å². The van der Waals surface area contributed by atoms with Crippen molar-refractivity contribution in [3.8, 4) is 5.75 Å². The van der Waals surface area contributed by atoms with Crippen molar-refractivity contribution in [2.45, 2.75) is 6.92 Å². The van der Waals surface area contributed by atoms with E-state index in [0.717, 1.165) is 6.08 Å². The van der Waals surface area contributed by atoms with Gasteiger partial charge in [0.15, 0.2) is 0 Å². The van der Waals surface area contributed by atoms with Crippen LogP contribution in [0.15, 0.2) is 51.7 Å². The van der Waals surface area contributed by atoms with Crippen LogP contribution in [-0.2, 0) is 0 Å². The monoisotopic (exact) mass is 272 g/mol. The van der Waals surface area contributed by atoms with Crippen LogP contribution in [0.1, 0.15) is 21.7 Å². The summed E-state index contributed by atoms with van der Waals surface area (Å²) >= 11 is 0. The third-order valence-electron chi connectivity index (χ3n) is 2.64. The summed E-state index contributed by atoms with van der Waals surface area (Å²) in [6.07, 6.45) is 0.872. The average molecular weight is 272 g/mol. The average Bonchev–Trinajstić information content (AvgIpc) is 2.38. The van der Waals surface area contributed by atoms with Crippen molar-refractivity contribution in [2.75, 3.05) is 0 Å². The van der Waals surface area contributed by atoms with Gasteiger partial charge in [0.1, 0.15) is 22.8 Å². The highest BCUT2D eigenvalue weighted by Gasteiger charge is 2.17. The van der Waals surface area contributed by atoms with Crippen LogP contribution in [0.5, 0.6) is 5.75 Å². The van der Waals surface area contributed by atoms with E-state index in [1.165, 1.54) is 13.0 Å². The van der Waals surface area contributed by atoms with E-state index in [1.807, 2.05) is 0 Å². The molecule has 0 saturated carbocycles. The summed E-state index contributed by atoms with van der Waals surface area (Å²) in [7, 11) is 0. The molecule has 1 heterocycles. The zero-order valence-electron chi connectivity index (χ0n) is 10.7. The number of aliphatic hydroxyl groups excluding tert-OH is 1. The first-order chi connectivity index (χ1) is 9.49. The fourth-order valence-corrected chi connectivity index (χ4v) is 1.71. The second-order valence-corrected chi connectivity index (χ2v) is 4.16. The standard InChI is InChI=1S/C15H12O5/c1-9-7-12(17)14(15(19)20-9)13(18)8-11(16)10-5-3-2-4-6-10/h2-8,16-17H,1H3. The summed E-state index contributed by atoms with van der Waals surface area (Å²) in [6.45, 7) is 1.48. The molecule has 0 amide bonds. The minimum atomic E-state index is -0.940. The maximum Gasteiger partial charge on any atom is 0.351 e. The Morgan fingerprint density at radius 3 is 2.50 bits per heavy atom. The largest absolute Gasteiger partial charge is 0.507 e. The summed E-state index contributed by atoms with van der Waals surface area (Å²) < 4.78 is 4.75. The molecule has 0 atom stereocenters. The van der Waals surface area contributed by atoms with Crippen LogP contribution in [0.3, 0.4) is 0 Å².